The Morgan fingerprint density at radius 1 is 1.32 bits per heavy atom. The van der Waals surface area contributed by atoms with Crippen LogP contribution in [0, 0.1) is 11.6 Å². The molecule has 1 aliphatic heterocycles. The first-order valence-corrected chi connectivity index (χ1v) is 9.13. The molecular formula is C20H23F2N3O3. The highest BCUT2D eigenvalue weighted by Crippen LogP contribution is 2.34. The van der Waals surface area contributed by atoms with Gasteiger partial charge >= 0.3 is 6.09 Å². The Labute approximate surface area is 161 Å². The summed E-state index contributed by atoms with van der Waals surface area (Å²) in [6, 6.07) is 3.57. The number of amides is 1. The van der Waals surface area contributed by atoms with Gasteiger partial charge in [0, 0.05) is 12.5 Å². The van der Waals surface area contributed by atoms with Gasteiger partial charge in [-0.3, -0.25) is 4.79 Å². The number of halogens is 2. The van der Waals surface area contributed by atoms with Crippen LogP contribution in [0.5, 0.6) is 0 Å². The molecule has 2 atom stereocenters. The van der Waals surface area contributed by atoms with Crippen molar-refractivity contribution in [2.24, 2.45) is 0 Å². The maximum Gasteiger partial charge on any atom is 0.408 e. The van der Waals surface area contributed by atoms with Crippen LogP contribution in [-0.4, -0.2) is 27.5 Å². The third kappa shape index (κ3) is 4.21. The molecule has 0 spiro atoms. The minimum atomic E-state index is -0.911. The van der Waals surface area contributed by atoms with E-state index in [2.05, 4.69) is 10.3 Å². The second-order valence-electron chi connectivity index (χ2n) is 7.89. The standard InChI is InChI=1S/C20H23F2N3O3/c1-20(2,3)28-19(27)24-16-8-7-12(14-5-4-6-15(21)17(14)22)10-25-13(11-26)9-23-18(16)25/h4-6,9,11-12,16H,7-8,10H2,1-3H3,(H,24,27)/t12-,16-/m1/s1. The molecule has 0 bridgehead atoms. The fourth-order valence-corrected chi connectivity index (χ4v) is 3.46. The lowest BCUT2D eigenvalue weighted by atomic mass is 9.93. The first-order valence-electron chi connectivity index (χ1n) is 9.13. The number of carbonyl (C=O) groups is 2. The zero-order valence-electron chi connectivity index (χ0n) is 16.0. The molecule has 0 radical (unpaired) electrons. The van der Waals surface area contributed by atoms with Gasteiger partial charge in [-0.25, -0.2) is 18.6 Å². The van der Waals surface area contributed by atoms with Gasteiger partial charge in [-0.05, 0) is 45.2 Å². The molecule has 2 heterocycles. The smallest absolute Gasteiger partial charge is 0.408 e. The minimum Gasteiger partial charge on any atom is -0.444 e. The molecule has 1 aliphatic rings. The van der Waals surface area contributed by atoms with Crippen molar-refractivity contribution in [1.82, 2.24) is 14.9 Å². The van der Waals surface area contributed by atoms with Gasteiger partial charge in [0.1, 0.15) is 17.1 Å². The molecule has 1 aromatic heterocycles. The SMILES string of the molecule is CC(C)(C)OC(=O)N[C@@H]1CC[C@@H](c2cccc(F)c2F)Cn2c(C=O)cnc21. The molecule has 6 nitrogen and oxygen atoms in total. The molecule has 28 heavy (non-hydrogen) atoms. The number of aldehydes is 1. The Bertz CT molecular complexity index is 889. The highest BCUT2D eigenvalue weighted by atomic mass is 19.2. The van der Waals surface area contributed by atoms with E-state index < -0.39 is 29.4 Å². The van der Waals surface area contributed by atoms with Crippen molar-refractivity contribution in [3.05, 3.63) is 53.1 Å². The summed E-state index contributed by atoms with van der Waals surface area (Å²) in [6.45, 7) is 5.53. The molecule has 0 saturated carbocycles. The summed E-state index contributed by atoms with van der Waals surface area (Å²) in [5, 5.41) is 2.78. The van der Waals surface area contributed by atoms with Crippen LogP contribution in [0.25, 0.3) is 0 Å². The quantitative estimate of drug-likeness (QED) is 0.799. The lowest BCUT2D eigenvalue weighted by molar-refractivity contribution is 0.0498. The van der Waals surface area contributed by atoms with E-state index in [0.717, 1.165) is 6.07 Å². The number of benzene rings is 1. The maximum atomic E-state index is 14.3. The van der Waals surface area contributed by atoms with Crippen LogP contribution in [-0.2, 0) is 11.3 Å². The predicted octanol–water partition coefficient (Wildman–Crippen LogP) is 4.12. The third-order valence-corrected chi connectivity index (χ3v) is 4.67. The monoisotopic (exact) mass is 391 g/mol. The van der Waals surface area contributed by atoms with Crippen LogP contribution in [0.3, 0.4) is 0 Å². The number of hydrogen-bond acceptors (Lipinski definition) is 4. The number of fused-ring (bicyclic) bond motifs is 1. The Hall–Kier alpha value is -2.77. The summed E-state index contributed by atoms with van der Waals surface area (Å²) >= 11 is 0. The second-order valence-corrected chi connectivity index (χ2v) is 7.89. The predicted molar refractivity (Wildman–Crippen MR) is 98.1 cm³/mol. The summed E-state index contributed by atoms with van der Waals surface area (Å²) in [7, 11) is 0. The normalized spacial score (nSPS) is 19.5. The molecule has 1 N–H and O–H groups in total. The first kappa shape index (κ1) is 20.0. The van der Waals surface area contributed by atoms with Gasteiger partial charge in [0.25, 0.3) is 0 Å². The van der Waals surface area contributed by atoms with Crippen molar-refractivity contribution in [3.63, 3.8) is 0 Å². The zero-order chi connectivity index (χ0) is 20.5. The van der Waals surface area contributed by atoms with Gasteiger partial charge < -0.3 is 14.6 Å². The van der Waals surface area contributed by atoms with Gasteiger partial charge in [-0.1, -0.05) is 12.1 Å². The average molecular weight is 391 g/mol. The topological polar surface area (TPSA) is 73.2 Å². The number of nitrogens with zero attached hydrogens (tertiary/aromatic N) is 2. The van der Waals surface area contributed by atoms with Gasteiger partial charge in [0.05, 0.1) is 12.2 Å². The van der Waals surface area contributed by atoms with Gasteiger partial charge in [0.15, 0.2) is 17.9 Å². The van der Waals surface area contributed by atoms with E-state index in [4.69, 9.17) is 4.74 Å². The number of aromatic nitrogens is 2. The van der Waals surface area contributed by atoms with Crippen molar-refractivity contribution < 1.29 is 23.1 Å². The molecule has 1 aromatic carbocycles. The zero-order valence-corrected chi connectivity index (χ0v) is 16.0. The Balaban J connectivity index is 1.91. The highest BCUT2D eigenvalue weighted by molar-refractivity contribution is 5.72. The fraction of sp³-hybridized carbons (Fsp3) is 0.450. The van der Waals surface area contributed by atoms with Gasteiger partial charge in [-0.15, -0.1) is 0 Å². The van der Waals surface area contributed by atoms with Crippen LogP contribution in [0.4, 0.5) is 13.6 Å². The lowest BCUT2D eigenvalue weighted by Crippen LogP contribution is -2.35. The number of carbonyl (C=O) groups excluding carboxylic acids is 2. The highest BCUT2D eigenvalue weighted by Gasteiger charge is 2.31. The lowest BCUT2D eigenvalue weighted by Gasteiger charge is -2.23. The van der Waals surface area contributed by atoms with Crippen LogP contribution in [0.15, 0.2) is 24.4 Å². The number of ether oxygens (including phenoxy) is 1. The molecule has 0 unspecified atom stereocenters. The molecule has 0 fully saturated rings. The van der Waals surface area contributed by atoms with Crippen molar-refractivity contribution in [2.75, 3.05) is 0 Å². The Morgan fingerprint density at radius 2 is 2.07 bits per heavy atom. The summed E-state index contributed by atoms with van der Waals surface area (Å²) in [5.41, 5.74) is -0.102. The van der Waals surface area contributed by atoms with E-state index in [1.807, 2.05) is 0 Å². The van der Waals surface area contributed by atoms with Crippen molar-refractivity contribution in [3.8, 4) is 0 Å². The number of alkyl carbamates (subject to hydrolysis) is 1. The summed E-state index contributed by atoms with van der Waals surface area (Å²) in [6.07, 6.45) is 2.38. The minimum absolute atomic E-state index is 0.245. The van der Waals surface area contributed by atoms with Crippen LogP contribution < -0.4 is 5.32 Å². The number of rotatable bonds is 3. The van der Waals surface area contributed by atoms with Crippen LogP contribution in [0.2, 0.25) is 0 Å². The third-order valence-electron chi connectivity index (χ3n) is 4.67. The van der Waals surface area contributed by atoms with E-state index in [1.165, 1.54) is 12.3 Å². The summed E-state index contributed by atoms with van der Waals surface area (Å²) < 4.78 is 35.0. The van der Waals surface area contributed by atoms with Crippen LogP contribution >= 0.6 is 0 Å². The van der Waals surface area contributed by atoms with Crippen LogP contribution in [0.1, 0.15) is 67.4 Å². The molecule has 3 rings (SSSR count). The number of imidazole rings is 1. The Kier molecular flexibility index (Phi) is 5.49. The van der Waals surface area contributed by atoms with Gasteiger partial charge in [0.2, 0.25) is 0 Å². The fourth-order valence-electron chi connectivity index (χ4n) is 3.46. The average Bonchev–Trinajstić information content (AvgIpc) is 2.92. The molecule has 2 aromatic rings. The summed E-state index contributed by atoms with van der Waals surface area (Å²) in [5.74, 6) is -1.67. The van der Waals surface area contributed by atoms with E-state index in [1.54, 1.807) is 31.4 Å². The van der Waals surface area contributed by atoms with E-state index in [9.17, 15) is 18.4 Å². The summed E-state index contributed by atoms with van der Waals surface area (Å²) in [4.78, 5) is 27.9. The van der Waals surface area contributed by atoms with Crippen molar-refractivity contribution in [2.45, 2.75) is 57.7 Å². The first-order chi connectivity index (χ1) is 13.2. The maximum absolute atomic E-state index is 14.3. The van der Waals surface area contributed by atoms with E-state index in [0.29, 0.717) is 30.6 Å². The van der Waals surface area contributed by atoms with E-state index >= 15 is 0 Å². The molecule has 8 heteroatoms. The molecule has 1 amide bonds. The van der Waals surface area contributed by atoms with Gasteiger partial charge in [-0.2, -0.15) is 0 Å². The Morgan fingerprint density at radius 3 is 2.75 bits per heavy atom. The molecule has 0 aliphatic carbocycles. The molecule has 150 valence electrons. The second kappa shape index (κ2) is 7.69. The molecular weight excluding hydrogens is 368 g/mol. The number of hydrogen-bond donors (Lipinski definition) is 1. The van der Waals surface area contributed by atoms with Crippen molar-refractivity contribution in [1.29, 1.82) is 0 Å². The molecule has 0 saturated heterocycles. The van der Waals surface area contributed by atoms with E-state index in [-0.39, 0.29) is 18.0 Å². The largest absolute Gasteiger partial charge is 0.444 e. The van der Waals surface area contributed by atoms with Crippen molar-refractivity contribution >= 4 is 12.4 Å². The number of nitrogens with one attached hydrogen (secondary N) is 1.